The highest BCUT2D eigenvalue weighted by Crippen LogP contribution is 2.46. The summed E-state index contributed by atoms with van der Waals surface area (Å²) in [5.41, 5.74) is 3.62. The molecule has 0 bridgehead atoms. The van der Waals surface area contributed by atoms with Crippen LogP contribution in [0.4, 0.5) is 5.69 Å². The van der Waals surface area contributed by atoms with E-state index in [1.54, 1.807) is 28.4 Å². The van der Waals surface area contributed by atoms with E-state index in [1.165, 1.54) is 0 Å². The van der Waals surface area contributed by atoms with Crippen LogP contribution in [0.3, 0.4) is 0 Å². The Hall–Kier alpha value is -3.93. The van der Waals surface area contributed by atoms with E-state index in [2.05, 4.69) is 29.2 Å². The van der Waals surface area contributed by atoms with Crippen LogP contribution >= 0.6 is 0 Å². The molecular formula is C27H27NO5. The summed E-state index contributed by atoms with van der Waals surface area (Å²) in [6.07, 6.45) is 0.876. The lowest BCUT2D eigenvalue weighted by molar-refractivity contribution is 0.112. The van der Waals surface area contributed by atoms with E-state index < -0.39 is 0 Å². The maximum absolute atomic E-state index is 12.4. The lowest BCUT2D eigenvalue weighted by atomic mass is 9.88. The van der Waals surface area contributed by atoms with E-state index in [0.717, 1.165) is 44.6 Å². The molecule has 0 radical (unpaired) electrons. The van der Waals surface area contributed by atoms with Gasteiger partial charge in [0.05, 0.1) is 28.4 Å². The molecule has 33 heavy (non-hydrogen) atoms. The third-order valence-electron chi connectivity index (χ3n) is 5.96. The molecule has 0 saturated heterocycles. The molecule has 0 fully saturated rings. The molecule has 0 heterocycles. The number of fused-ring (bicyclic) bond motifs is 2. The smallest absolute Gasteiger partial charge is 0.161 e. The molecule has 6 heteroatoms. The predicted molar refractivity (Wildman–Crippen MR) is 133 cm³/mol. The van der Waals surface area contributed by atoms with Crippen LogP contribution in [0.25, 0.3) is 32.7 Å². The van der Waals surface area contributed by atoms with Gasteiger partial charge in [-0.1, -0.05) is 12.1 Å². The zero-order valence-corrected chi connectivity index (χ0v) is 19.7. The highest BCUT2D eigenvalue weighted by molar-refractivity contribution is 6.21. The molecule has 4 rings (SSSR count). The van der Waals surface area contributed by atoms with Crippen LogP contribution in [0.2, 0.25) is 0 Å². The van der Waals surface area contributed by atoms with Gasteiger partial charge in [-0.2, -0.15) is 0 Å². The Morgan fingerprint density at radius 2 is 1.03 bits per heavy atom. The number of aldehydes is 1. The Balaban J connectivity index is 2.22. The fourth-order valence-electron chi connectivity index (χ4n) is 4.27. The summed E-state index contributed by atoms with van der Waals surface area (Å²) in [6.45, 7) is 0. The molecule has 0 N–H and O–H groups in total. The summed E-state index contributed by atoms with van der Waals surface area (Å²) < 4.78 is 22.2. The fourth-order valence-corrected chi connectivity index (χ4v) is 4.27. The molecule has 6 nitrogen and oxygen atoms in total. The third kappa shape index (κ3) is 3.67. The molecule has 0 amide bonds. The number of methoxy groups -OCH3 is 4. The van der Waals surface area contributed by atoms with Crippen molar-refractivity contribution in [1.82, 2.24) is 0 Å². The first-order valence-electron chi connectivity index (χ1n) is 10.5. The van der Waals surface area contributed by atoms with E-state index in [4.69, 9.17) is 18.9 Å². The van der Waals surface area contributed by atoms with Gasteiger partial charge in [-0.05, 0) is 69.1 Å². The standard InChI is InChI=1S/C27H27NO5/c1-28(2)17-9-7-16(8-10-17)27-20-13-25(32-5)23(30-3)11-18(20)22(15-29)19-12-24(31-4)26(33-6)14-21(19)27/h7-15H,1-6H3. The molecule has 4 aromatic rings. The maximum Gasteiger partial charge on any atom is 0.161 e. The number of carbonyl (C=O) groups is 1. The number of hydrogen-bond acceptors (Lipinski definition) is 6. The fraction of sp³-hybridized carbons (Fsp3) is 0.222. The first kappa shape index (κ1) is 22.3. The van der Waals surface area contributed by atoms with Gasteiger partial charge in [-0.3, -0.25) is 4.79 Å². The normalized spacial score (nSPS) is 10.8. The predicted octanol–water partition coefficient (Wildman–Crippen LogP) is 5.57. The number of rotatable bonds is 7. The second-order valence-electron chi connectivity index (χ2n) is 7.85. The monoisotopic (exact) mass is 445 g/mol. The zero-order chi connectivity index (χ0) is 23.7. The lowest BCUT2D eigenvalue weighted by Gasteiger charge is -2.19. The van der Waals surface area contributed by atoms with E-state index in [1.807, 2.05) is 38.4 Å². The largest absolute Gasteiger partial charge is 0.493 e. The van der Waals surface area contributed by atoms with Crippen LogP contribution in [0.1, 0.15) is 10.4 Å². The van der Waals surface area contributed by atoms with Crippen molar-refractivity contribution in [3.8, 4) is 34.1 Å². The lowest BCUT2D eigenvalue weighted by Crippen LogP contribution is -2.07. The van der Waals surface area contributed by atoms with Crippen molar-refractivity contribution in [3.05, 3.63) is 54.1 Å². The van der Waals surface area contributed by atoms with Gasteiger partial charge >= 0.3 is 0 Å². The van der Waals surface area contributed by atoms with Crippen LogP contribution in [-0.4, -0.2) is 48.8 Å². The van der Waals surface area contributed by atoms with Gasteiger partial charge in [-0.25, -0.2) is 0 Å². The molecule has 0 aliphatic carbocycles. The van der Waals surface area contributed by atoms with Crippen molar-refractivity contribution in [2.45, 2.75) is 0 Å². The zero-order valence-electron chi connectivity index (χ0n) is 19.7. The molecule has 0 unspecified atom stereocenters. The van der Waals surface area contributed by atoms with Gasteiger partial charge in [0.25, 0.3) is 0 Å². The average Bonchev–Trinajstić information content (AvgIpc) is 2.85. The minimum absolute atomic E-state index is 0.551. The summed E-state index contributed by atoms with van der Waals surface area (Å²) >= 11 is 0. The molecule has 170 valence electrons. The molecule has 0 spiro atoms. The van der Waals surface area contributed by atoms with Gasteiger partial charge < -0.3 is 23.8 Å². The summed E-state index contributed by atoms with van der Waals surface area (Å²) in [5.74, 6) is 2.30. The number of anilines is 1. The number of benzene rings is 4. The van der Waals surface area contributed by atoms with Crippen LogP contribution < -0.4 is 23.8 Å². The minimum atomic E-state index is 0.551. The van der Waals surface area contributed by atoms with Gasteiger partial charge in [0.2, 0.25) is 0 Å². The van der Waals surface area contributed by atoms with Crippen molar-refractivity contribution in [2.75, 3.05) is 47.4 Å². The number of hydrogen-bond donors (Lipinski definition) is 0. The molecule has 0 aliphatic heterocycles. The molecule has 0 aromatic heterocycles. The van der Waals surface area contributed by atoms with Gasteiger partial charge in [0, 0.05) is 25.3 Å². The molecule has 0 saturated carbocycles. The second kappa shape index (κ2) is 8.90. The summed E-state index contributed by atoms with van der Waals surface area (Å²) in [4.78, 5) is 14.4. The van der Waals surface area contributed by atoms with Crippen LogP contribution in [0, 0.1) is 0 Å². The van der Waals surface area contributed by atoms with Crippen LogP contribution in [0.15, 0.2) is 48.5 Å². The molecular weight excluding hydrogens is 418 g/mol. The Labute approximate surface area is 193 Å². The Morgan fingerprint density at radius 3 is 1.36 bits per heavy atom. The van der Waals surface area contributed by atoms with Crippen LogP contribution in [0.5, 0.6) is 23.0 Å². The van der Waals surface area contributed by atoms with Crippen molar-refractivity contribution in [3.63, 3.8) is 0 Å². The summed E-state index contributed by atoms with van der Waals surface area (Å²) in [5, 5.41) is 3.31. The maximum atomic E-state index is 12.4. The van der Waals surface area contributed by atoms with E-state index in [-0.39, 0.29) is 0 Å². The number of ether oxygens (including phenoxy) is 4. The SMILES string of the molecule is COc1cc2c(C=O)c3cc(OC)c(OC)cc3c(-c3ccc(N(C)C)cc3)c2cc1OC. The van der Waals surface area contributed by atoms with Gasteiger partial charge in [0.15, 0.2) is 29.3 Å². The summed E-state index contributed by atoms with van der Waals surface area (Å²) in [6, 6.07) is 15.9. The van der Waals surface area contributed by atoms with Crippen molar-refractivity contribution >= 4 is 33.5 Å². The first-order valence-corrected chi connectivity index (χ1v) is 10.5. The first-order chi connectivity index (χ1) is 16.0. The Kier molecular flexibility index (Phi) is 6.01. The third-order valence-corrected chi connectivity index (χ3v) is 5.96. The highest BCUT2D eigenvalue weighted by atomic mass is 16.5. The van der Waals surface area contributed by atoms with Crippen LogP contribution in [-0.2, 0) is 0 Å². The molecule has 4 aromatic carbocycles. The topological polar surface area (TPSA) is 57.2 Å². The number of carbonyl (C=O) groups excluding carboxylic acids is 1. The van der Waals surface area contributed by atoms with Gasteiger partial charge in [0.1, 0.15) is 0 Å². The average molecular weight is 446 g/mol. The molecule has 0 aliphatic rings. The molecule has 0 atom stereocenters. The Morgan fingerprint density at radius 1 is 0.636 bits per heavy atom. The van der Waals surface area contributed by atoms with E-state index in [0.29, 0.717) is 28.6 Å². The van der Waals surface area contributed by atoms with Crippen molar-refractivity contribution in [1.29, 1.82) is 0 Å². The van der Waals surface area contributed by atoms with Crippen molar-refractivity contribution < 1.29 is 23.7 Å². The van der Waals surface area contributed by atoms with Crippen molar-refractivity contribution in [2.24, 2.45) is 0 Å². The number of nitrogens with zero attached hydrogens (tertiary/aromatic N) is 1. The van der Waals surface area contributed by atoms with E-state index >= 15 is 0 Å². The second-order valence-corrected chi connectivity index (χ2v) is 7.85. The minimum Gasteiger partial charge on any atom is -0.493 e. The van der Waals surface area contributed by atoms with E-state index in [9.17, 15) is 4.79 Å². The Bertz CT molecular complexity index is 1270. The quantitative estimate of drug-likeness (QED) is 0.274. The summed E-state index contributed by atoms with van der Waals surface area (Å²) in [7, 11) is 10.4. The highest BCUT2D eigenvalue weighted by Gasteiger charge is 2.20. The van der Waals surface area contributed by atoms with Gasteiger partial charge in [-0.15, -0.1) is 0 Å².